The number of ketones is 1. The Morgan fingerprint density at radius 3 is 2.45 bits per heavy atom. The van der Waals surface area contributed by atoms with Crippen molar-refractivity contribution in [3.8, 4) is 0 Å². The highest BCUT2D eigenvalue weighted by Crippen LogP contribution is 2.04. The standard InChI is InChI=1S/C7H13NO2S/c1-5(9)6(8)3-4-7(10)11-2/h6H,3-4,8H2,1-2H3. The summed E-state index contributed by atoms with van der Waals surface area (Å²) < 4.78 is 0. The fourth-order valence-corrected chi connectivity index (χ4v) is 0.901. The van der Waals surface area contributed by atoms with Gasteiger partial charge in [0.1, 0.15) is 5.78 Å². The number of rotatable bonds is 4. The normalized spacial score (nSPS) is 12.6. The molecule has 11 heavy (non-hydrogen) atoms. The van der Waals surface area contributed by atoms with E-state index in [0.29, 0.717) is 12.8 Å². The summed E-state index contributed by atoms with van der Waals surface area (Å²) in [4.78, 5) is 21.3. The van der Waals surface area contributed by atoms with Gasteiger partial charge in [-0.15, -0.1) is 0 Å². The number of hydrogen-bond acceptors (Lipinski definition) is 4. The molecule has 0 aliphatic carbocycles. The molecule has 1 atom stereocenters. The smallest absolute Gasteiger partial charge is 0.188 e. The molecular formula is C7H13NO2S. The van der Waals surface area contributed by atoms with Crippen LogP contribution in [0.1, 0.15) is 19.8 Å². The summed E-state index contributed by atoms with van der Waals surface area (Å²) in [6.45, 7) is 1.44. The second-order valence-corrected chi connectivity index (χ2v) is 3.20. The average Bonchev–Trinajstić information content (AvgIpc) is 1.99. The van der Waals surface area contributed by atoms with Crippen LogP contribution in [-0.2, 0) is 9.59 Å². The highest BCUT2D eigenvalue weighted by Gasteiger charge is 2.09. The Morgan fingerprint density at radius 2 is 2.09 bits per heavy atom. The van der Waals surface area contributed by atoms with Crippen LogP contribution >= 0.6 is 11.8 Å². The minimum Gasteiger partial charge on any atom is -0.322 e. The largest absolute Gasteiger partial charge is 0.322 e. The Kier molecular flexibility index (Phi) is 5.15. The van der Waals surface area contributed by atoms with Crippen molar-refractivity contribution in [2.75, 3.05) is 6.26 Å². The van der Waals surface area contributed by atoms with Gasteiger partial charge in [-0.3, -0.25) is 9.59 Å². The van der Waals surface area contributed by atoms with E-state index in [1.54, 1.807) is 6.26 Å². The third-order valence-electron chi connectivity index (χ3n) is 1.41. The number of carbonyl (C=O) groups is 2. The number of nitrogens with two attached hydrogens (primary N) is 1. The summed E-state index contributed by atoms with van der Waals surface area (Å²) in [6, 6.07) is -0.467. The van der Waals surface area contributed by atoms with Crippen molar-refractivity contribution in [1.29, 1.82) is 0 Å². The van der Waals surface area contributed by atoms with Gasteiger partial charge in [-0.2, -0.15) is 0 Å². The molecule has 0 heterocycles. The van der Waals surface area contributed by atoms with Crippen LogP contribution < -0.4 is 5.73 Å². The first-order valence-corrected chi connectivity index (χ1v) is 4.63. The molecule has 0 spiro atoms. The Bertz CT molecular complexity index is 159. The fraction of sp³-hybridized carbons (Fsp3) is 0.714. The van der Waals surface area contributed by atoms with Crippen LogP contribution in [-0.4, -0.2) is 23.2 Å². The zero-order valence-electron chi connectivity index (χ0n) is 6.79. The summed E-state index contributed by atoms with van der Waals surface area (Å²) in [7, 11) is 0. The second kappa shape index (κ2) is 5.32. The molecule has 1 unspecified atom stereocenters. The lowest BCUT2D eigenvalue weighted by Crippen LogP contribution is -2.28. The molecule has 0 amide bonds. The molecule has 0 aromatic carbocycles. The van der Waals surface area contributed by atoms with Crippen molar-refractivity contribution in [3.63, 3.8) is 0 Å². The first-order chi connectivity index (χ1) is 5.07. The van der Waals surface area contributed by atoms with Gasteiger partial charge in [-0.25, -0.2) is 0 Å². The summed E-state index contributed by atoms with van der Waals surface area (Å²) in [5.74, 6) is -0.0566. The minimum atomic E-state index is -0.467. The van der Waals surface area contributed by atoms with Crippen LogP contribution in [0.5, 0.6) is 0 Å². The fourth-order valence-electron chi connectivity index (χ4n) is 0.579. The molecule has 0 aromatic heterocycles. The van der Waals surface area contributed by atoms with Crippen molar-refractivity contribution in [2.45, 2.75) is 25.8 Å². The van der Waals surface area contributed by atoms with E-state index < -0.39 is 6.04 Å². The van der Waals surface area contributed by atoms with Crippen molar-refractivity contribution in [1.82, 2.24) is 0 Å². The lowest BCUT2D eigenvalue weighted by atomic mass is 10.1. The third kappa shape index (κ3) is 4.98. The molecule has 0 aromatic rings. The first-order valence-electron chi connectivity index (χ1n) is 3.40. The maximum atomic E-state index is 10.7. The highest BCUT2D eigenvalue weighted by molar-refractivity contribution is 8.13. The van der Waals surface area contributed by atoms with Crippen LogP contribution in [0, 0.1) is 0 Å². The van der Waals surface area contributed by atoms with E-state index in [-0.39, 0.29) is 10.9 Å². The zero-order chi connectivity index (χ0) is 8.85. The highest BCUT2D eigenvalue weighted by atomic mass is 32.2. The molecule has 0 aliphatic rings. The molecular weight excluding hydrogens is 162 g/mol. The van der Waals surface area contributed by atoms with Gasteiger partial charge < -0.3 is 5.73 Å². The number of hydrogen-bond donors (Lipinski definition) is 1. The van der Waals surface area contributed by atoms with E-state index in [1.807, 2.05) is 0 Å². The predicted molar refractivity (Wildman–Crippen MR) is 46.4 cm³/mol. The van der Waals surface area contributed by atoms with Crippen LogP contribution in [0.2, 0.25) is 0 Å². The lowest BCUT2D eigenvalue weighted by Gasteiger charge is -2.04. The summed E-state index contributed by atoms with van der Waals surface area (Å²) in [6.07, 6.45) is 2.58. The molecule has 4 heteroatoms. The van der Waals surface area contributed by atoms with E-state index in [1.165, 1.54) is 18.7 Å². The monoisotopic (exact) mass is 175 g/mol. The lowest BCUT2D eigenvalue weighted by molar-refractivity contribution is -0.118. The van der Waals surface area contributed by atoms with Crippen LogP contribution in [0.15, 0.2) is 0 Å². The molecule has 2 N–H and O–H groups in total. The van der Waals surface area contributed by atoms with Crippen molar-refractivity contribution in [2.24, 2.45) is 5.73 Å². The zero-order valence-corrected chi connectivity index (χ0v) is 7.61. The molecule has 0 aliphatic heterocycles. The SMILES string of the molecule is CSC(=O)CCC(N)C(C)=O. The van der Waals surface area contributed by atoms with Crippen molar-refractivity contribution >= 4 is 22.7 Å². The number of Topliss-reactive ketones (excluding diaryl/α,β-unsaturated/α-hetero) is 1. The van der Waals surface area contributed by atoms with Gasteiger partial charge in [0, 0.05) is 6.42 Å². The Morgan fingerprint density at radius 1 is 1.55 bits per heavy atom. The molecule has 0 saturated carbocycles. The summed E-state index contributed by atoms with van der Waals surface area (Å²) in [5, 5.41) is 0.0849. The number of carbonyl (C=O) groups excluding carboxylic acids is 2. The average molecular weight is 175 g/mol. The van der Waals surface area contributed by atoms with Gasteiger partial charge in [0.2, 0.25) is 0 Å². The number of thioether (sulfide) groups is 1. The third-order valence-corrected chi connectivity index (χ3v) is 2.07. The molecule has 0 saturated heterocycles. The summed E-state index contributed by atoms with van der Waals surface area (Å²) >= 11 is 1.17. The van der Waals surface area contributed by atoms with Gasteiger partial charge >= 0.3 is 0 Å². The van der Waals surface area contributed by atoms with E-state index in [4.69, 9.17) is 5.73 Å². The molecule has 0 rings (SSSR count). The topological polar surface area (TPSA) is 60.2 Å². The Balaban J connectivity index is 3.54. The van der Waals surface area contributed by atoms with E-state index in [9.17, 15) is 9.59 Å². The van der Waals surface area contributed by atoms with Gasteiger partial charge in [0.15, 0.2) is 5.12 Å². The summed E-state index contributed by atoms with van der Waals surface area (Å²) in [5.41, 5.74) is 5.41. The molecule has 64 valence electrons. The van der Waals surface area contributed by atoms with Crippen LogP contribution in [0.25, 0.3) is 0 Å². The van der Waals surface area contributed by atoms with Gasteiger partial charge in [0.05, 0.1) is 6.04 Å². The van der Waals surface area contributed by atoms with E-state index in [0.717, 1.165) is 0 Å². The van der Waals surface area contributed by atoms with Gasteiger partial charge in [-0.1, -0.05) is 11.8 Å². The maximum Gasteiger partial charge on any atom is 0.188 e. The molecule has 0 fully saturated rings. The van der Waals surface area contributed by atoms with E-state index >= 15 is 0 Å². The molecule has 3 nitrogen and oxygen atoms in total. The van der Waals surface area contributed by atoms with Gasteiger partial charge in [0.25, 0.3) is 0 Å². The quantitative estimate of drug-likeness (QED) is 0.678. The van der Waals surface area contributed by atoms with Crippen LogP contribution in [0.4, 0.5) is 0 Å². The predicted octanol–water partition coefficient (Wildman–Crippen LogP) is 0.573. The first kappa shape index (κ1) is 10.7. The van der Waals surface area contributed by atoms with Crippen LogP contribution in [0.3, 0.4) is 0 Å². The Hall–Kier alpha value is -0.350. The minimum absolute atomic E-state index is 0.0566. The molecule has 0 radical (unpaired) electrons. The van der Waals surface area contributed by atoms with Gasteiger partial charge in [-0.05, 0) is 19.6 Å². The van der Waals surface area contributed by atoms with Crippen molar-refractivity contribution in [3.05, 3.63) is 0 Å². The van der Waals surface area contributed by atoms with E-state index in [2.05, 4.69) is 0 Å². The second-order valence-electron chi connectivity index (χ2n) is 2.33. The maximum absolute atomic E-state index is 10.7. The Labute approximate surface area is 70.7 Å². The molecule has 0 bridgehead atoms. The van der Waals surface area contributed by atoms with Crippen molar-refractivity contribution < 1.29 is 9.59 Å².